The molecule has 0 aromatic carbocycles. The summed E-state index contributed by atoms with van der Waals surface area (Å²) in [6, 6.07) is 0. The summed E-state index contributed by atoms with van der Waals surface area (Å²) in [6.07, 6.45) is 3.73. The molecule has 2 heterocycles. The molecular formula is C14H20FN3O2. The number of aromatic nitrogens is 2. The number of anilines is 1. The lowest BCUT2D eigenvalue weighted by molar-refractivity contribution is -0.149. The molecule has 0 radical (unpaired) electrons. The first-order valence-corrected chi connectivity index (χ1v) is 7.01. The molecule has 0 aliphatic carbocycles. The van der Waals surface area contributed by atoms with E-state index in [2.05, 4.69) is 9.97 Å². The lowest BCUT2D eigenvalue weighted by atomic mass is 9.77. The second-order valence-electron chi connectivity index (χ2n) is 5.28. The molecule has 1 aliphatic rings. The Hall–Kier alpha value is -1.72. The molecule has 0 spiro atoms. The Labute approximate surface area is 117 Å². The lowest BCUT2D eigenvalue weighted by Gasteiger charge is -2.40. The summed E-state index contributed by atoms with van der Waals surface area (Å²) < 4.78 is 14.3. The molecule has 110 valence electrons. The SMILES string of the molecule is CCc1ncnc(N2CCCC(CC)(C(=O)O)C2)c1F. The molecule has 6 heteroatoms. The third kappa shape index (κ3) is 2.46. The van der Waals surface area contributed by atoms with Crippen molar-refractivity contribution in [1.29, 1.82) is 0 Å². The highest BCUT2D eigenvalue weighted by molar-refractivity contribution is 5.76. The summed E-state index contributed by atoms with van der Waals surface area (Å²) in [6.45, 7) is 4.63. The van der Waals surface area contributed by atoms with Crippen LogP contribution in [0, 0.1) is 11.2 Å². The van der Waals surface area contributed by atoms with Crippen LogP contribution in [0.5, 0.6) is 0 Å². The highest BCUT2D eigenvalue weighted by Crippen LogP contribution is 2.36. The molecule has 1 N–H and O–H groups in total. The van der Waals surface area contributed by atoms with E-state index < -0.39 is 17.2 Å². The number of rotatable bonds is 4. The van der Waals surface area contributed by atoms with E-state index in [1.165, 1.54) is 6.33 Å². The average Bonchev–Trinajstić information content (AvgIpc) is 2.47. The maximum Gasteiger partial charge on any atom is 0.311 e. The minimum atomic E-state index is -0.810. The van der Waals surface area contributed by atoms with E-state index in [0.717, 1.165) is 6.42 Å². The van der Waals surface area contributed by atoms with Crippen LogP contribution < -0.4 is 4.90 Å². The number of nitrogens with zero attached hydrogens (tertiary/aromatic N) is 3. The predicted octanol–water partition coefficient (Wildman–Crippen LogP) is 2.26. The van der Waals surface area contributed by atoms with Crippen molar-refractivity contribution in [3.05, 3.63) is 17.8 Å². The van der Waals surface area contributed by atoms with Crippen LogP contribution in [0.2, 0.25) is 0 Å². The van der Waals surface area contributed by atoms with Crippen molar-refractivity contribution in [3.63, 3.8) is 0 Å². The highest BCUT2D eigenvalue weighted by atomic mass is 19.1. The topological polar surface area (TPSA) is 66.3 Å². The van der Waals surface area contributed by atoms with Crippen LogP contribution in [-0.2, 0) is 11.2 Å². The van der Waals surface area contributed by atoms with Gasteiger partial charge in [0.15, 0.2) is 11.6 Å². The minimum absolute atomic E-state index is 0.232. The van der Waals surface area contributed by atoms with E-state index in [0.29, 0.717) is 38.0 Å². The molecule has 0 saturated carbocycles. The zero-order valence-electron chi connectivity index (χ0n) is 11.9. The summed E-state index contributed by atoms with van der Waals surface area (Å²) in [5.41, 5.74) is -0.430. The van der Waals surface area contributed by atoms with Gasteiger partial charge in [-0.05, 0) is 25.7 Å². The smallest absolute Gasteiger partial charge is 0.311 e. The first kappa shape index (κ1) is 14.7. The lowest BCUT2D eigenvalue weighted by Crippen LogP contribution is -2.48. The fraction of sp³-hybridized carbons (Fsp3) is 0.643. The molecule has 5 nitrogen and oxygen atoms in total. The van der Waals surface area contributed by atoms with Crippen LogP contribution in [-0.4, -0.2) is 34.1 Å². The fourth-order valence-electron chi connectivity index (χ4n) is 2.79. The van der Waals surface area contributed by atoms with Gasteiger partial charge in [-0.3, -0.25) is 4.79 Å². The molecule has 1 unspecified atom stereocenters. The van der Waals surface area contributed by atoms with Crippen molar-refractivity contribution in [1.82, 2.24) is 9.97 Å². The molecule has 1 aliphatic heterocycles. The van der Waals surface area contributed by atoms with Gasteiger partial charge in [0.05, 0.1) is 11.1 Å². The Kier molecular flexibility index (Phi) is 4.20. The molecule has 1 saturated heterocycles. The van der Waals surface area contributed by atoms with Crippen molar-refractivity contribution >= 4 is 11.8 Å². The third-order valence-corrected chi connectivity index (χ3v) is 4.19. The molecule has 2 rings (SSSR count). The molecule has 0 bridgehead atoms. The van der Waals surface area contributed by atoms with Gasteiger partial charge in [-0.15, -0.1) is 0 Å². The molecule has 1 aromatic rings. The summed E-state index contributed by atoms with van der Waals surface area (Å²) in [7, 11) is 0. The number of aryl methyl sites for hydroxylation is 1. The highest BCUT2D eigenvalue weighted by Gasteiger charge is 2.41. The largest absolute Gasteiger partial charge is 0.481 e. The standard InChI is InChI=1S/C14H20FN3O2/c1-3-10-11(15)12(17-9-16-10)18-7-5-6-14(4-2,8-18)13(19)20/h9H,3-8H2,1-2H3,(H,19,20). The molecule has 0 amide bonds. The monoisotopic (exact) mass is 281 g/mol. The van der Waals surface area contributed by atoms with Gasteiger partial charge in [0.1, 0.15) is 6.33 Å². The number of aliphatic carboxylic acids is 1. The number of carboxylic acid groups (broad SMARTS) is 1. The second-order valence-corrected chi connectivity index (χ2v) is 5.28. The number of halogens is 1. The van der Waals surface area contributed by atoms with Crippen molar-refractivity contribution < 1.29 is 14.3 Å². The number of piperidine rings is 1. The Morgan fingerprint density at radius 2 is 2.25 bits per heavy atom. The van der Waals surface area contributed by atoms with E-state index in [4.69, 9.17) is 0 Å². The predicted molar refractivity (Wildman–Crippen MR) is 73.2 cm³/mol. The fourth-order valence-corrected chi connectivity index (χ4v) is 2.79. The van der Waals surface area contributed by atoms with Gasteiger partial charge in [0.25, 0.3) is 0 Å². The molecule has 20 heavy (non-hydrogen) atoms. The van der Waals surface area contributed by atoms with Crippen LogP contribution >= 0.6 is 0 Å². The van der Waals surface area contributed by atoms with Crippen molar-refractivity contribution in [3.8, 4) is 0 Å². The van der Waals surface area contributed by atoms with Gasteiger partial charge in [0, 0.05) is 13.1 Å². The quantitative estimate of drug-likeness (QED) is 0.917. The second kappa shape index (κ2) is 5.73. The van der Waals surface area contributed by atoms with Gasteiger partial charge in [-0.25, -0.2) is 14.4 Å². The maximum atomic E-state index is 14.3. The van der Waals surface area contributed by atoms with Crippen LogP contribution in [0.15, 0.2) is 6.33 Å². The van der Waals surface area contributed by atoms with Gasteiger partial charge in [0.2, 0.25) is 0 Å². The van der Waals surface area contributed by atoms with E-state index in [1.807, 2.05) is 13.8 Å². The van der Waals surface area contributed by atoms with Gasteiger partial charge in [-0.2, -0.15) is 0 Å². The van der Waals surface area contributed by atoms with Gasteiger partial charge < -0.3 is 10.0 Å². The number of hydrogen-bond acceptors (Lipinski definition) is 4. The Bertz CT molecular complexity index is 509. The first-order valence-electron chi connectivity index (χ1n) is 7.01. The molecule has 1 aromatic heterocycles. The summed E-state index contributed by atoms with van der Waals surface area (Å²) in [5, 5.41) is 9.47. The van der Waals surface area contributed by atoms with Crippen molar-refractivity contribution in [2.24, 2.45) is 5.41 Å². The van der Waals surface area contributed by atoms with E-state index >= 15 is 0 Å². The number of hydrogen-bond donors (Lipinski definition) is 1. The van der Waals surface area contributed by atoms with E-state index in [-0.39, 0.29) is 5.82 Å². The van der Waals surface area contributed by atoms with E-state index in [1.54, 1.807) is 4.90 Å². The molecular weight excluding hydrogens is 261 g/mol. The summed E-state index contributed by atoms with van der Waals surface area (Å²) >= 11 is 0. The van der Waals surface area contributed by atoms with Crippen LogP contribution in [0.4, 0.5) is 10.2 Å². The van der Waals surface area contributed by atoms with Crippen molar-refractivity contribution in [2.75, 3.05) is 18.0 Å². The number of carboxylic acids is 1. The molecule has 1 atom stereocenters. The van der Waals surface area contributed by atoms with Crippen LogP contribution in [0.3, 0.4) is 0 Å². The normalized spacial score (nSPS) is 22.9. The maximum absolute atomic E-state index is 14.3. The van der Waals surface area contributed by atoms with Gasteiger partial charge >= 0.3 is 5.97 Å². The Morgan fingerprint density at radius 1 is 1.50 bits per heavy atom. The molecule has 1 fully saturated rings. The Morgan fingerprint density at radius 3 is 2.85 bits per heavy atom. The first-order chi connectivity index (χ1) is 9.54. The Balaban J connectivity index is 2.32. The third-order valence-electron chi connectivity index (χ3n) is 4.19. The number of carbonyl (C=O) groups is 1. The summed E-state index contributed by atoms with van der Waals surface area (Å²) in [5.74, 6) is -1.00. The van der Waals surface area contributed by atoms with Gasteiger partial charge in [-0.1, -0.05) is 13.8 Å². The average molecular weight is 281 g/mol. The van der Waals surface area contributed by atoms with E-state index in [9.17, 15) is 14.3 Å². The zero-order chi connectivity index (χ0) is 14.8. The summed E-state index contributed by atoms with van der Waals surface area (Å²) in [4.78, 5) is 21.2. The van der Waals surface area contributed by atoms with Crippen LogP contribution in [0.25, 0.3) is 0 Å². The van der Waals surface area contributed by atoms with Crippen LogP contribution in [0.1, 0.15) is 38.8 Å². The van der Waals surface area contributed by atoms with Crippen molar-refractivity contribution in [2.45, 2.75) is 39.5 Å². The minimum Gasteiger partial charge on any atom is -0.481 e. The zero-order valence-corrected chi connectivity index (χ0v) is 11.9.